The number of halogens is 1. The molecule has 0 radical (unpaired) electrons. The van der Waals surface area contributed by atoms with Crippen LogP contribution in [0.4, 0.5) is 4.39 Å². The number of amides is 1. The Morgan fingerprint density at radius 2 is 2.32 bits per heavy atom. The number of carbonyl (C=O) groups is 1. The zero-order chi connectivity index (χ0) is 14.2. The van der Waals surface area contributed by atoms with E-state index in [4.69, 9.17) is 0 Å². The van der Waals surface area contributed by atoms with Crippen LogP contribution in [0.5, 0.6) is 0 Å². The maximum absolute atomic E-state index is 13.4. The molecule has 6 heteroatoms. The largest absolute Gasteiger partial charge is 0.394 e. The highest BCUT2D eigenvalue weighted by Crippen LogP contribution is 2.23. The number of nitrogens with zero attached hydrogens (tertiary/aromatic N) is 3. The lowest BCUT2D eigenvalue weighted by Crippen LogP contribution is -2.38. The number of aryl methyl sites for hydroxylation is 1. The number of hydrogen-bond donors (Lipinski definition) is 1. The lowest BCUT2D eigenvalue weighted by atomic mass is 10.1. The third kappa shape index (κ3) is 2.63. The van der Waals surface area contributed by atoms with E-state index in [1.165, 1.54) is 9.58 Å². The Balaban J connectivity index is 2.24. The minimum Gasteiger partial charge on any atom is -0.394 e. The number of alkyl halides is 1. The summed E-state index contributed by atoms with van der Waals surface area (Å²) in [6, 6.07) is 1.31. The first kappa shape index (κ1) is 14.0. The van der Waals surface area contributed by atoms with Crippen LogP contribution >= 0.6 is 0 Å². The Kier molecular flexibility index (Phi) is 3.89. The smallest absolute Gasteiger partial charge is 0.272 e. The molecule has 5 nitrogen and oxygen atoms in total. The van der Waals surface area contributed by atoms with Crippen LogP contribution in [0.1, 0.15) is 42.4 Å². The molecule has 2 heterocycles. The second-order valence-corrected chi connectivity index (χ2v) is 5.36. The third-order valence-corrected chi connectivity index (χ3v) is 3.54. The lowest BCUT2D eigenvalue weighted by molar-refractivity contribution is 0.0662. The summed E-state index contributed by atoms with van der Waals surface area (Å²) in [5, 5.41) is 13.5. The van der Waals surface area contributed by atoms with Gasteiger partial charge in [-0.15, -0.1) is 0 Å². The molecule has 1 fully saturated rings. The van der Waals surface area contributed by atoms with Crippen LogP contribution in [0.3, 0.4) is 0 Å². The molecule has 0 aliphatic carbocycles. The van der Waals surface area contributed by atoms with E-state index in [0.717, 1.165) is 5.69 Å². The van der Waals surface area contributed by atoms with Crippen LogP contribution in [-0.2, 0) is 7.05 Å². The van der Waals surface area contributed by atoms with Gasteiger partial charge in [-0.3, -0.25) is 9.48 Å². The molecule has 1 N–H and O–H groups in total. The maximum Gasteiger partial charge on any atom is 0.272 e. The second-order valence-electron chi connectivity index (χ2n) is 5.36. The van der Waals surface area contributed by atoms with E-state index in [1.54, 1.807) is 13.1 Å². The Morgan fingerprint density at radius 3 is 2.84 bits per heavy atom. The van der Waals surface area contributed by atoms with Crippen LogP contribution in [0.25, 0.3) is 0 Å². The van der Waals surface area contributed by atoms with Crippen LogP contribution in [0, 0.1) is 0 Å². The molecular formula is C13H20FN3O2. The molecule has 1 aromatic heterocycles. The van der Waals surface area contributed by atoms with E-state index in [2.05, 4.69) is 5.10 Å². The molecule has 1 saturated heterocycles. The molecule has 2 rings (SSSR count). The number of aliphatic hydroxyl groups excluding tert-OH is 1. The molecule has 1 aliphatic rings. The monoisotopic (exact) mass is 269 g/mol. The van der Waals surface area contributed by atoms with Crippen LogP contribution in [-0.4, -0.2) is 51.1 Å². The Labute approximate surface area is 112 Å². The Morgan fingerprint density at radius 1 is 1.63 bits per heavy atom. The van der Waals surface area contributed by atoms with Crippen LogP contribution < -0.4 is 0 Å². The number of rotatable bonds is 3. The molecule has 2 atom stereocenters. The van der Waals surface area contributed by atoms with E-state index in [0.29, 0.717) is 5.69 Å². The van der Waals surface area contributed by atoms with E-state index in [1.807, 2.05) is 13.8 Å². The summed E-state index contributed by atoms with van der Waals surface area (Å²) < 4.78 is 14.9. The van der Waals surface area contributed by atoms with E-state index < -0.39 is 12.2 Å². The quantitative estimate of drug-likeness (QED) is 0.893. The van der Waals surface area contributed by atoms with Crippen molar-refractivity contribution in [3.05, 3.63) is 17.5 Å². The molecule has 19 heavy (non-hydrogen) atoms. The third-order valence-electron chi connectivity index (χ3n) is 3.54. The van der Waals surface area contributed by atoms with Crippen molar-refractivity contribution in [3.8, 4) is 0 Å². The fourth-order valence-corrected chi connectivity index (χ4v) is 2.40. The average molecular weight is 269 g/mol. The molecule has 0 aromatic carbocycles. The minimum absolute atomic E-state index is 0.0479. The number of aliphatic hydroxyl groups is 1. The van der Waals surface area contributed by atoms with Crippen molar-refractivity contribution < 1.29 is 14.3 Å². The average Bonchev–Trinajstić information content (AvgIpc) is 2.91. The summed E-state index contributed by atoms with van der Waals surface area (Å²) in [6.45, 7) is 3.84. The highest BCUT2D eigenvalue weighted by Gasteiger charge is 2.36. The topological polar surface area (TPSA) is 58.4 Å². The van der Waals surface area contributed by atoms with E-state index in [9.17, 15) is 14.3 Å². The van der Waals surface area contributed by atoms with Gasteiger partial charge in [0.1, 0.15) is 11.9 Å². The summed E-state index contributed by atoms with van der Waals surface area (Å²) in [6.07, 6.45) is -0.851. The maximum atomic E-state index is 13.4. The summed E-state index contributed by atoms with van der Waals surface area (Å²) in [7, 11) is 1.70. The van der Waals surface area contributed by atoms with Gasteiger partial charge in [0, 0.05) is 13.5 Å². The van der Waals surface area contributed by atoms with Gasteiger partial charge in [-0.1, -0.05) is 13.8 Å². The number of aromatic nitrogens is 2. The van der Waals surface area contributed by atoms with Gasteiger partial charge >= 0.3 is 0 Å². The first-order valence-electron chi connectivity index (χ1n) is 6.53. The normalized spacial score (nSPS) is 23.4. The predicted molar refractivity (Wildman–Crippen MR) is 68.7 cm³/mol. The van der Waals surface area contributed by atoms with Gasteiger partial charge in [0.2, 0.25) is 0 Å². The molecule has 0 bridgehead atoms. The van der Waals surface area contributed by atoms with Gasteiger partial charge in [0.05, 0.1) is 24.9 Å². The molecule has 1 amide bonds. The molecule has 1 aromatic rings. The first-order chi connectivity index (χ1) is 8.93. The van der Waals surface area contributed by atoms with Gasteiger partial charge in [-0.25, -0.2) is 4.39 Å². The van der Waals surface area contributed by atoms with Gasteiger partial charge in [-0.2, -0.15) is 5.10 Å². The fraction of sp³-hybridized carbons (Fsp3) is 0.692. The standard InChI is InChI=1S/C13H20FN3O2/c1-8(2)11-5-12(16(3)15-11)13(19)17-6-9(14)4-10(17)7-18/h5,8-10,18H,4,6-7H2,1-3H3/t9-,10-/m0/s1. The van der Waals surface area contributed by atoms with E-state index in [-0.39, 0.29) is 31.4 Å². The van der Waals surface area contributed by atoms with Crippen molar-refractivity contribution in [2.24, 2.45) is 7.05 Å². The second kappa shape index (κ2) is 5.28. The van der Waals surface area contributed by atoms with Gasteiger partial charge in [0.25, 0.3) is 5.91 Å². The zero-order valence-electron chi connectivity index (χ0n) is 11.5. The Bertz CT molecular complexity index is 472. The molecule has 0 saturated carbocycles. The van der Waals surface area contributed by atoms with Crippen LogP contribution in [0.2, 0.25) is 0 Å². The first-order valence-corrected chi connectivity index (χ1v) is 6.53. The fourth-order valence-electron chi connectivity index (χ4n) is 2.40. The predicted octanol–water partition coefficient (Wildman–Crippen LogP) is 1.09. The van der Waals surface area contributed by atoms with Crippen molar-refractivity contribution in [2.45, 2.75) is 38.4 Å². The van der Waals surface area contributed by atoms with Crippen molar-refractivity contribution >= 4 is 5.91 Å². The Hall–Kier alpha value is -1.43. The highest BCUT2D eigenvalue weighted by molar-refractivity contribution is 5.93. The van der Waals surface area contributed by atoms with Crippen molar-refractivity contribution in [3.63, 3.8) is 0 Å². The molecule has 106 valence electrons. The number of hydrogen-bond acceptors (Lipinski definition) is 3. The lowest BCUT2D eigenvalue weighted by Gasteiger charge is -2.22. The molecule has 0 unspecified atom stereocenters. The molecular weight excluding hydrogens is 249 g/mol. The summed E-state index contributed by atoms with van der Waals surface area (Å²) in [4.78, 5) is 13.8. The van der Waals surface area contributed by atoms with Crippen molar-refractivity contribution in [1.82, 2.24) is 14.7 Å². The van der Waals surface area contributed by atoms with E-state index >= 15 is 0 Å². The van der Waals surface area contributed by atoms with Gasteiger partial charge in [0.15, 0.2) is 0 Å². The van der Waals surface area contributed by atoms with Gasteiger partial charge < -0.3 is 10.0 Å². The summed E-state index contributed by atoms with van der Waals surface area (Å²) in [5.41, 5.74) is 1.28. The molecule has 1 aliphatic heterocycles. The minimum atomic E-state index is -1.06. The summed E-state index contributed by atoms with van der Waals surface area (Å²) in [5.74, 6) is -0.0324. The van der Waals surface area contributed by atoms with Gasteiger partial charge in [-0.05, 0) is 12.0 Å². The van der Waals surface area contributed by atoms with Crippen LogP contribution in [0.15, 0.2) is 6.07 Å². The zero-order valence-corrected chi connectivity index (χ0v) is 11.5. The molecule has 0 spiro atoms. The van der Waals surface area contributed by atoms with Crippen molar-refractivity contribution in [1.29, 1.82) is 0 Å². The highest BCUT2D eigenvalue weighted by atomic mass is 19.1. The number of likely N-dealkylation sites (tertiary alicyclic amines) is 1. The summed E-state index contributed by atoms with van der Waals surface area (Å²) >= 11 is 0. The number of carbonyl (C=O) groups excluding carboxylic acids is 1. The SMILES string of the molecule is CC(C)c1cc(C(=O)N2C[C@@H](F)C[C@H]2CO)n(C)n1. The van der Waals surface area contributed by atoms with Crippen molar-refractivity contribution in [2.75, 3.05) is 13.2 Å².